The van der Waals surface area contributed by atoms with Crippen molar-refractivity contribution in [1.29, 1.82) is 0 Å². The molecular formula is C19H35N3O5S. The standard InChI is InChI=1S/C19H35N3O5S/c1-15(2)18(23)20-11-6-9-17(10-7-12-21-19(24)16(3)4)22(5)13-8-14-28(25,26)27/h17H,1,3,6-14H2,2,4-5H3,(H,20,23)(H,21,24)(H,25,26,27). The Morgan fingerprint density at radius 3 is 1.75 bits per heavy atom. The zero-order valence-corrected chi connectivity index (χ0v) is 18.1. The van der Waals surface area contributed by atoms with Gasteiger partial charge in [0.15, 0.2) is 0 Å². The van der Waals surface area contributed by atoms with Crippen LogP contribution in [0, 0.1) is 0 Å². The first-order chi connectivity index (χ1) is 12.9. The van der Waals surface area contributed by atoms with Gasteiger partial charge in [0.1, 0.15) is 0 Å². The first-order valence-corrected chi connectivity index (χ1v) is 11.1. The topological polar surface area (TPSA) is 116 Å². The highest BCUT2D eigenvalue weighted by atomic mass is 32.2. The van der Waals surface area contributed by atoms with Crippen molar-refractivity contribution in [3.63, 3.8) is 0 Å². The molecular weight excluding hydrogens is 382 g/mol. The lowest BCUT2D eigenvalue weighted by Gasteiger charge is -2.28. The predicted molar refractivity (Wildman–Crippen MR) is 112 cm³/mol. The highest BCUT2D eigenvalue weighted by Gasteiger charge is 2.16. The molecule has 3 N–H and O–H groups in total. The summed E-state index contributed by atoms with van der Waals surface area (Å²) in [6, 6.07) is 0.171. The average molecular weight is 418 g/mol. The smallest absolute Gasteiger partial charge is 0.264 e. The van der Waals surface area contributed by atoms with Gasteiger partial charge >= 0.3 is 0 Å². The molecule has 2 amide bonds. The van der Waals surface area contributed by atoms with Crippen molar-refractivity contribution in [3.05, 3.63) is 24.3 Å². The molecule has 0 spiro atoms. The van der Waals surface area contributed by atoms with Gasteiger partial charge in [0.05, 0.1) is 5.75 Å². The first kappa shape index (κ1) is 26.3. The van der Waals surface area contributed by atoms with Gasteiger partial charge in [-0.15, -0.1) is 0 Å². The lowest BCUT2D eigenvalue weighted by molar-refractivity contribution is -0.118. The molecule has 0 saturated heterocycles. The number of hydrogen-bond donors (Lipinski definition) is 3. The minimum Gasteiger partial charge on any atom is -0.352 e. The van der Waals surface area contributed by atoms with E-state index in [0.717, 1.165) is 25.7 Å². The average Bonchev–Trinajstić information content (AvgIpc) is 2.58. The van der Waals surface area contributed by atoms with Crippen LogP contribution in [-0.2, 0) is 19.7 Å². The van der Waals surface area contributed by atoms with Crippen LogP contribution in [0.3, 0.4) is 0 Å². The molecule has 0 aromatic rings. The third-order valence-corrected chi connectivity index (χ3v) is 5.12. The molecule has 0 radical (unpaired) electrons. The van der Waals surface area contributed by atoms with E-state index in [1.807, 2.05) is 7.05 Å². The second kappa shape index (κ2) is 13.5. The Morgan fingerprint density at radius 1 is 0.964 bits per heavy atom. The van der Waals surface area contributed by atoms with Crippen LogP contribution >= 0.6 is 0 Å². The molecule has 0 bridgehead atoms. The molecule has 8 nitrogen and oxygen atoms in total. The van der Waals surface area contributed by atoms with Crippen molar-refractivity contribution in [2.45, 2.75) is 52.0 Å². The van der Waals surface area contributed by atoms with Crippen molar-refractivity contribution in [2.75, 3.05) is 32.4 Å². The molecule has 0 fully saturated rings. The first-order valence-electron chi connectivity index (χ1n) is 9.47. The SMILES string of the molecule is C=C(C)C(=O)NCCCC(CCCNC(=O)C(=C)C)N(C)CCCS(=O)(=O)O. The number of nitrogens with one attached hydrogen (secondary N) is 2. The summed E-state index contributed by atoms with van der Waals surface area (Å²) in [5, 5.41) is 5.60. The van der Waals surface area contributed by atoms with Crippen LogP contribution in [0.4, 0.5) is 0 Å². The van der Waals surface area contributed by atoms with Crippen molar-refractivity contribution >= 4 is 21.9 Å². The fraction of sp³-hybridized carbons (Fsp3) is 0.684. The Labute approximate surface area is 169 Å². The zero-order chi connectivity index (χ0) is 21.7. The number of hydrogen-bond acceptors (Lipinski definition) is 5. The van der Waals surface area contributed by atoms with Crippen molar-refractivity contribution in [2.24, 2.45) is 0 Å². The van der Waals surface area contributed by atoms with Gasteiger partial charge in [0.25, 0.3) is 10.1 Å². The van der Waals surface area contributed by atoms with Crippen molar-refractivity contribution in [3.8, 4) is 0 Å². The largest absolute Gasteiger partial charge is 0.352 e. The van der Waals surface area contributed by atoms with E-state index < -0.39 is 10.1 Å². The summed E-state index contributed by atoms with van der Waals surface area (Å²) < 4.78 is 30.6. The van der Waals surface area contributed by atoms with Gasteiger partial charge in [-0.25, -0.2) is 0 Å². The number of carbonyl (C=O) groups excluding carboxylic acids is 2. The van der Waals surface area contributed by atoms with Gasteiger partial charge in [-0.05, 0) is 59.5 Å². The van der Waals surface area contributed by atoms with Gasteiger partial charge < -0.3 is 15.5 Å². The molecule has 0 unspecified atom stereocenters. The molecule has 0 heterocycles. The van der Waals surface area contributed by atoms with Crippen LogP contribution in [0.5, 0.6) is 0 Å². The van der Waals surface area contributed by atoms with E-state index >= 15 is 0 Å². The van der Waals surface area contributed by atoms with E-state index in [9.17, 15) is 18.0 Å². The maximum absolute atomic E-state index is 11.5. The normalized spacial score (nSPS) is 11.5. The molecule has 0 aromatic heterocycles. The van der Waals surface area contributed by atoms with Crippen LogP contribution in [0.2, 0.25) is 0 Å². The van der Waals surface area contributed by atoms with Crippen molar-refractivity contribution in [1.82, 2.24) is 15.5 Å². The maximum atomic E-state index is 11.5. The van der Waals surface area contributed by atoms with Gasteiger partial charge in [-0.2, -0.15) is 8.42 Å². The van der Waals surface area contributed by atoms with Gasteiger partial charge in [-0.3, -0.25) is 14.1 Å². The fourth-order valence-electron chi connectivity index (χ4n) is 2.65. The number of rotatable bonds is 15. The van der Waals surface area contributed by atoms with E-state index in [2.05, 4.69) is 28.7 Å². The van der Waals surface area contributed by atoms with E-state index in [1.54, 1.807) is 13.8 Å². The molecule has 0 aromatic carbocycles. The quantitative estimate of drug-likeness (QED) is 0.211. The van der Waals surface area contributed by atoms with Gasteiger partial charge in [0.2, 0.25) is 11.8 Å². The minimum absolute atomic E-state index is 0.166. The van der Waals surface area contributed by atoms with Gasteiger partial charge in [0, 0.05) is 30.3 Å². The molecule has 0 aliphatic heterocycles. The molecule has 28 heavy (non-hydrogen) atoms. The molecule has 0 saturated carbocycles. The summed E-state index contributed by atoms with van der Waals surface area (Å²) in [7, 11) is -2.05. The number of nitrogens with zero attached hydrogens (tertiary/aromatic N) is 1. The zero-order valence-electron chi connectivity index (χ0n) is 17.3. The predicted octanol–water partition coefficient (Wildman–Crippen LogP) is 1.51. The molecule has 0 atom stereocenters. The minimum atomic E-state index is -3.96. The van der Waals surface area contributed by atoms with Crippen LogP contribution < -0.4 is 10.6 Å². The van der Waals surface area contributed by atoms with Crippen LogP contribution in [0.15, 0.2) is 24.3 Å². The maximum Gasteiger partial charge on any atom is 0.264 e. The Kier molecular flexibility index (Phi) is 12.6. The Morgan fingerprint density at radius 2 is 1.39 bits per heavy atom. The van der Waals surface area contributed by atoms with E-state index in [0.29, 0.717) is 37.2 Å². The molecule has 0 aliphatic rings. The van der Waals surface area contributed by atoms with Crippen molar-refractivity contribution < 1.29 is 22.6 Å². The Bertz CT molecular complexity index is 612. The summed E-state index contributed by atoms with van der Waals surface area (Å²) in [6.07, 6.45) is 3.50. The lowest BCUT2D eigenvalue weighted by atomic mass is 10.0. The molecule has 9 heteroatoms. The summed E-state index contributed by atoms with van der Waals surface area (Å²) in [5.74, 6) is -0.603. The van der Waals surface area contributed by atoms with E-state index in [-0.39, 0.29) is 23.6 Å². The fourth-order valence-corrected chi connectivity index (χ4v) is 3.14. The summed E-state index contributed by atoms with van der Waals surface area (Å²) in [6.45, 7) is 12.1. The molecule has 0 aliphatic carbocycles. The third kappa shape index (κ3) is 13.5. The highest BCUT2D eigenvalue weighted by molar-refractivity contribution is 7.85. The Balaban J connectivity index is 4.50. The van der Waals surface area contributed by atoms with Crippen LogP contribution in [-0.4, -0.2) is 68.2 Å². The highest BCUT2D eigenvalue weighted by Crippen LogP contribution is 2.12. The number of amides is 2. The lowest BCUT2D eigenvalue weighted by Crippen LogP contribution is -2.35. The summed E-state index contributed by atoms with van der Waals surface area (Å²) >= 11 is 0. The second-order valence-electron chi connectivity index (χ2n) is 7.13. The van der Waals surface area contributed by atoms with Crippen LogP contribution in [0.25, 0.3) is 0 Å². The monoisotopic (exact) mass is 417 g/mol. The van der Waals surface area contributed by atoms with Crippen LogP contribution in [0.1, 0.15) is 46.0 Å². The summed E-state index contributed by atoms with van der Waals surface area (Å²) in [4.78, 5) is 25.1. The third-order valence-electron chi connectivity index (χ3n) is 4.31. The molecule has 162 valence electrons. The Hall–Kier alpha value is -1.71. The van der Waals surface area contributed by atoms with E-state index in [4.69, 9.17) is 4.55 Å². The van der Waals surface area contributed by atoms with Gasteiger partial charge in [-0.1, -0.05) is 13.2 Å². The number of carbonyl (C=O) groups is 2. The molecule has 0 rings (SSSR count). The van der Waals surface area contributed by atoms with E-state index in [1.165, 1.54) is 0 Å². The second-order valence-corrected chi connectivity index (χ2v) is 8.70. The summed E-state index contributed by atoms with van der Waals surface area (Å²) in [5.41, 5.74) is 0.930.